The van der Waals surface area contributed by atoms with Crippen LogP contribution >= 0.6 is 0 Å². The lowest BCUT2D eigenvalue weighted by atomic mass is 10.2. The minimum Gasteiger partial charge on any atom is -0.395 e. The first kappa shape index (κ1) is 11.1. The molecular weight excluding hydrogens is 230 g/mol. The molecule has 86 valence electrons. The largest absolute Gasteiger partial charge is 0.395 e. The zero-order valence-corrected chi connectivity index (χ0v) is 9.27. The van der Waals surface area contributed by atoms with Gasteiger partial charge in [-0.3, -0.25) is 4.79 Å². The number of aliphatic hydroxyl groups is 1. The van der Waals surface area contributed by atoms with Crippen LogP contribution in [0.2, 0.25) is 0 Å². The van der Waals surface area contributed by atoms with Crippen LogP contribution in [0.15, 0.2) is 29.2 Å². The average Bonchev–Trinajstić information content (AvgIpc) is 2.24. The molecule has 5 nitrogen and oxygen atoms in total. The summed E-state index contributed by atoms with van der Waals surface area (Å²) in [5.41, 5.74) is 0.354. The Morgan fingerprint density at radius 1 is 1.31 bits per heavy atom. The highest BCUT2D eigenvalue weighted by atomic mass is 32.2. The Morgan fingerprint density at radius 2 is 2.00 bits per heavy atom. The summed E-state index contributed by atoms with van der Waals surface area (Å²) in [6.07, 6.45) is 0. The third kappa shape index (κ3) is 1.70. The zero-order valence-electron chi connectivity index (χ0n) is 8.46. The smallest absolute Gasteiger partial charge is 0.242 e. The van der Waals surface area contributed by atoms with Gasteiger partial charge >= 0.3 is 0 Å². The summed E-state index contributed by atoms with van der Waals surface area (Å²) in [7, 11) is -3.52. The molecule has 2 rings (SSSR count). The van der Waals surface area contributed by atoms with E-state index in [-0.39, 0.29) is 18.0 Å². The van der Waals surface area contributed by atoms with Crippen LogP contribution in [-0.2, 0) is 14.6 Å². The molecule has 0 aliphatic carbocycles. The fourth-order valence-electron chi connectivity index (χ4n) is 1.74. The van der Waals surface area contributed by atoms with Gasteiger partial charge < -0.3 is 10.0 Å². The van der Waals surface area contributed by atoms with Crippen molar-refractivity contribution in [3.8, 4) is 0 Å². The Hall–Kier alpha value is -1.40. The normalized spacial score (nSPS) is 18.3. The number of carbonyl (C=O) groups excluding carboxylic acids is 1. The van der Waals surface area contributed by atoms with E-state index in [0.717, 1.165) is 0 Å². The standard InChI is InChI=1S/C10H11NO4S/c12-6-5-11-8-3-1-2-4-9(8)16(14,15)7-10(11)13/h1-4,12H,5-7H2. The first-order valence-corrected chi connectivity index (χ1v) is 6.44. The van der Waals surface area contributed by atoms with E-state index in [4.69, 9.17) is 5.11 Å². The van der Waals surface area contributed by atoms with E-state index in [1.807, 2.05) is 0 Å². The van der Waals surface area contributed by atoms with Crippen molar-refractivity contribution in [2.45, 2.75) is 4.90 Å². The molecule has 0 saturated heterocycles. The average molecular weight is 241 g/mol. The van der Waals surface area contributed by atoms with Gasteiger partial charge in [0.2, 0.25) is 5.91 Å². The number of benzene rings is 1. The molecule has 1 aromatic carbocycles. The van der Waals surface area contributed by atoms with Crippen LogP contribution in [0.3, 0.4) is 0 Å². The second-order valence-corrected chi connectivity index (χ2v) is 5.45. The summed E-state index contributed by atoms with van der Waals surface area (Å²) in [5, 5.41) is 8.85. The Balaban J connectivity index is 2.59. The minimum atomic E-state index is -3.52. The van der Waals surface area contributed by atoms with Crippen LogP contribution in [0.25, 0.3) is 0 Å². The number of sulfone groups is 1. The molecule has 0 fully saturated rings. The fourth-order valence-corrected chi connectivity index (χ4v) is 3.16. The molecule has 1 N–H and O–H groups in total. The van der Waals surface area contributed by atoms with Crippen molar-refractivity contribution in [1.82, 2.24) is 0 Å². The Labute approximate surface area is 93.2 Å². The van der Waals surface area contributed by atoms with E-state index in [9.17, 15) is 13.2 Å². The summed E-state index contributed by atoms with van der Waals surface area (Å²) in [4.78, 5) is 13.1. The topological polar surface area (TPSA) is 74.7 Å². The SMILES string of the molecule is O=C1CS(=O)(=O)c2ccccc2N1CCO. The van der Waals surface area contributed by atoms with Crippen molar-refractivity contribution in [2.75, 3.05) is 23.8 Å². The van der Waals surface area contributed by atoms with Gasteiger partial charge in [-0.05, 0) is 12.1 Å². The number of hydrogen-bond acceptors (Lipinski definition) is 4. The number of nitrogens with zero attached hydrogens (tertiary/aromatic N) is 1. The number of carbonyl (C=O) groups is 1. The fraction of sp³-hybridized carbons (Fsp3) is 0.300. The van der Waals surface area contributed by atoms with E-state index in [1.165, 1.54) is 11.0 Å². The number of aliphatic hydroxyl groups excluding tert-OH is 1. The molecule has 6 heteroatoms. The predicted octanol–water partition coefficient (Wildman–Crippen LogP) is -0.201. The summed E-state index contributed by atoms with van der Waals surface area (Å²) in [6.45, 7) is -0.0779. The second kappa shape index (κ2) is 3.88. The lowest BCUT2D eigenvalue weighted by Crippen LogP contribution is -2.42. The molecule has 1 amide bonds. The molecule has 0 atom stereocenters. The third-order valence-electron chi connectivity index (χ3n) is 2.43. The molecular formula is C10H11NO4S. The quantitative estimate of drug-likeness (QED) is 0.778. The lowest BCUT2D eigenvalue weighted by molar-refractivity contribution is -0.116. The molecule has 0 radical (unpaired) electrons. The Bertz CT molecular complexity index is 523. The number of rotatable bonds is 2. The number of fused-ring (bicyclic) bond motifs is 1. The van der Waals surface area contributed by atoms with Gasteiger partial charge in [-0.1, -0.05) is 12.1 Å². The van der Waals surface area contributed by atoms with Crippen LogP contribution < -0.4 is 4.90 Å². The van der Waals surface area contributed by atoms with Crippen LogP contribution in [0.5, 0.6) is 0 Å². The lowest BCUT2D eigenvalue weighted by Gasteiger charge is -2.28. The summed E-state index contributed by atoms with van der Waals surface area (Å²) < 4.78 is 23.4. The first-order chi connectivity index (χ1) is 7.56. The van der Waals surface area contributed by atoms with E-state index < -0.39 is 21.5 Å². The molecule has 0 bridgehead atoms. The van der Waals surface area contributed by atoms with Crippen LogP contribution in [-0.4, -0.2) is 38.3 Å². The predicted molar refractivity (Wildman–Crippen MR) is 57.9 cm³/mol. The molecule has 16 heavy (non-hydrogen) atoms. The highest BCUT2D eigenvalue weighted by Crippen LogP contribution is 2.30. The van der Waals surface area contributed by atoms with Gasteiger partial charge in [-0.2, -0.15) is 0 Å². The molecule has 0 unspecified atom stereocenters. The van der Waals surface area contributed by atoms with Gasteiger partial charge in [0.1, 0.15) is 5.75 Å². The minimum absolute atomic E-state index is 0.116. The maximum absolute atomic E-state index is 11.7. The van der Waals surface area contributed by atoms with Gasteiger partial charge in [0, 0.05) is 6.54 Å². The molecule has 0 spiro atoms. The maximum Gasteiger partial charge on any atom is 0.242 e. The van der Waals surface area contributed by atoms with E-state index in [0.29, 0.717) is 5.69 Å². The molecule has 0 saturated carbocycles. The van der Waals surface area contributed by atoms with Gasteiger partial charge in [-0.25, -0.2) is 8.42 Å². The summed E-state index contributed by atoms with van der Waals surface area (Å²) >= 11 is 0. The third-order valence-corrected chi connectivity index (χ3v) is 4.07. The first-order valence-electron chi connectivity index (χ1n) is 4.79. The van der Waals surface area contributed by atoms with Crippen LogP contribution in [0.1, 0.15) is 0 Å². The maximum atomic E-state index is 11.7. The molecule has 1 heterocycles. The van der Waals surface area contributed by atoms with Crippen molar-refractivity contribution in [3.63, 3.8) is 0 Å². The number of amides is 1. The highest BCUT2D eigenvalue weighted by molar-refractivity contribution is 7.92. The van der Waals surface area contributed by atoms with Crippen LogP contribution in [0, 0.1) is 0 Å². The van der Waals surface area contributed by atoms with Crippen molar-refractivity contribution in [2.24, 2.45) is 0 Å². The van der Waals surface area contributed by atoms with Crippen LogP contribution in [0.4, 0.5) is 5.69 Å². The Morgan fingerprint density at radius 3 is 2.69 bits per heavy atom. The molecule has 1 aliphatic rings. The summed E-state index contributed by atoms with van der Waals surface area (Å²) in [5.74, 6) is -1.02. The van der Waals surface area contributed by atoms with Gasteiger partial charge in [-0.15, -0.1) is 0 Å². The Kier molecular flexibility index (Phi) is 2.69. The van der Waals surface area contributed by atoms with Crippen molar-refractivity contribution < 1.29 is 18.3 Å². The number of hydrogen-bond donors (Lipinski definition) is 1. The van der Waals surface area contributed by atoms with E-state index >= 15 is 0 Å². The van der Waals surface area contributed by atoms with Gasteiger partial charge in [0.25, 0.3) is 0 Å². The number of anilines is 1. The van der Waals surface area contributed by atoms with Crippen molar-refractivity contribution >= 4 is 21.4 Å². The molecule has 1 aromatic rings. The zero-order chi connectivity index (χ0) is 11.8. The highest BCUT2D eigenvalue weighted by Gasteiger charge is 2.33. The van der Waals surface area contributed by atoms with E-state index in [2.05, 4.69) is 0 Å². The number of β-amino-alcohol motifs (C(OH)–C–C–N with tert-alkyl or cyclic N) is 1. The van der Waals surface area contributed by atoms with Gasteiger partial charge in [0.05, 0.1) is 17.2 Å². The monoisotopic (exact) mass is 241 g/mol. The van der Waals surface area contributed by atoms with Crippen molar-refractivity contribution in [3.05, 3.63) is 24.3 Å². The second-order valence-electron chi connectivity index (χ2n) is 3.50. The molecule has 1 aliphatic heterocycles. The van der Waals surface area contributed by atoms with E-state index in [1.54, 1.807) is 18.2 Å². The van der Waals surface area contributed by atoms with Gasteiger partial charge in [0.15, 0.2) is 9.84 Å². The van der Waals surface area contributed by atoms with Crippen molar-refractivity contribution in [1.29, 1.82) is 0 Å². The molecule has 0 aromatic heterocycles. The summed E-state index contributed by atoms with van der Waals surface area (Å²) in [6, 6.07) is 6.32. The number of para-hydroxylation sites is 1.